The molecule has 0 radical (unpaired) electrons. The van der Waals surface area contributed by atoms with E-state index in [1.807, 2.05) is 24.3 Å². The van der Waals surface area contributed by atoms with E-state index in [2.05, 4.69) is 35.9 Å². The average molecular weight is 489 g/mol. The molecule has 5 nitrogen and oxygen atoms in total. The van der Waals surface area contributed by atoms with Crippen LogP contribution in [0.25, 0.3) is 0 Å². The minimum absolute atomic E-state index is 0.0291. The molecule has 36 heavy (non-hydrogen) atoms. The summed E-state index contributed by atoms with van der Waals surface area (Å²) in [5.41, 5.74) is -0.208. The van der Waals surface area contributed by atoms with Gasteiger partial charge in [-0.2, -0.15) is 0 Å². The van der Waals surface area contributed by atoms with Crippen LogP contribution in [0.2, 0.25) is 0 Å². The third-order valence-electron chi connectivity index (χ3n) is 5.89. The van der Waals surface area contributed by atoms with Crippen LogP contribution in [0.1, 0.15) is 16.7 Å². The summed E-state index contributed by atoms with van der Waals surface area (Å²) in [4.78, 5) is 0. The van der Waals surface area contributed by atoms with Gasteiger partial charge in [-0.1, -0.05) is 0 Å². The fourth-order valence-electron chi connectivity index (χ4n) is 4.06. The molecule has 0 heterocycles. The molecule has 0 N–H and O–H groups in total. The first-order chi connectivity index (χ1) is 17.5. The molecule has 0 fully saturated rings. The second-order valence-electron chi connectivity index (χ2n) is 7.86. The molecule has 0 spiro atoms. The molecule has 0 atom stereocenters. The topological polar surface area (TPSA) is 119 Å². The molecule has 0 aromatic heterocycles. The van der Waals surface area contributed by atoms with Gasteiger partial charge in [-0.25, -0.2) is 0 Å². The third kappa shape index (κ3) is 4.40. The zero-order valence-corrected chi connectivity index (χ0v) is 22.4. The van der Waals surface area contributed by atoms with E-state index in [0.717, 1.165) is 0 Å². The molecule has 164 valence electrons. The minimum atomic E-state index is -4.46. The number of benzene rings is 4. The van der Waals surface area contributed by atoms with Gasteiger partial charge in [0.25, 0.3) is 0 Å². The molecule has 0 saturated carbocycles. The Bertz CT molecular complexity index is 1540. The van der Waals surface area contributed by atoms with E-state index in [0.29, 0.717) is 10.6 Å². The van der Waals surface area contributed by atoms with Crippen molar-refractivity contribution in [3.8, 4) is 29.8 Å². The molecular formula is C29H17N5NaP. The van der Waals surface area contributed by atoms with Gasteiger partial charge >= 0.3 is 229 Å². The molecule has 4 aromatic carbocycles. The molecule has 0 aliphatic carbocycles. The summed E-state index contributed by atoms with van der Waals surface area (Å²) in [6, 6.07) is 36.4. The fraction of sp³-hybridized carbons (Fsp3) is 0. The SMILES string of the molecule is N#Cc1ccc(P(C#N)(C#N)(c2ccccc2)c2ccccc2)c(C#N)c1C#N.[Na][c]1ccccc1. The predicted octanol–water partition coefficient (Wildman–Crippen LogP) is 3.57. The van der Waals surface area contributed by atoms with Gasteiger partial charge in [-0.3, -0.25) is 0 Å². The van der Waals surface area contributed by atoms with Crippen LogP contribution in [0.4, 0.5) is 0 Å². The first-order valence-electron chi connectivity index (χ1n) is 10.9. The zero-order valence-electron chi connectivity index (χ0n) is 19.5. The Morgan fingerprint density at radius 2 is 0.944 bits per heavy atom. The van der Waals surface area contributed by atoms with Crippen molar-refractivity contribution >= 4 is 53.3 Å². The van der Waals surface area contributed by atoms with Crippen molar-refractivity contribution in [3.63, 3.8) is 0 Å². The maximum absolute atomic E-state index is 10.6. The van der Waals surface area contributed by atoms with Crippen LogP contribution >= 0.6 is 6.60 Å². The number of nitrogens with zero attached hydrogens (tertiary/aromatic N) is 5. The van der Waals surface area contributed by atoms with Crippen LogP contribution in [0.3, 0.4) is 0 Å². The van der Waals surface area contributed by atoms with Crippen LogP contribution in [0.5, 0.6) is 0 Å². The van der Waals surface area contributed by atoms with E-state index in [4.69, 9.17) is 0 Å². The van der Waals surface area contributed by atoms with Crippen molar-refractivity contribution in [1.29, 1.82) is 26.3 Å². The van der Waals surface area contributed by atoms with Crippen LogP contribution in [-0.4, -0.2) is 27.9 Å². The summed E-state index contributed by atoms with van der Waals surface area (Å²) in [5.74, 6) is 4.63. The van der Waals surface area contributed by atoms with E-state index < -0.39 is 6.60 Å². The first kappa shape index (κ1) is 26.4. The summed E-state index contributed by atoms with van der Waals surface area (Å²) < 4.78 is 1.46. The van der Waals surface area contributed by atoms with E-state index in [-0.39, 0.29) is 22.0 Å². The van der Waals surface area contributed by atoms with Gasteiger partial charge in [0.2, 0.25) is 0 Å². The quantitative estimate of drug-likeness (QED) is 0.322. The number of hydrogen-bond donors (Lipinski definition) is 0. The monoisotopic (exact) mass is 489 g/mol. The Morgan fingerprint density at radius 3 is 1.28 bits per heavy atom. The van der Waals surface area contributed by atoms with E-state index >= 15 is 0 Å². The standard InChI is InChI=1S/C23H12N5P.C6H5.Na/c24-13-18-11-12-23(22(15-26)21(18)14-25)29(16-27,17-28,19-7-3-1-4-8-19)20-9-5-2-6-10-20;1-2-4-6-5-3-1;/h1-12H;1-5H;. The molecule has 0 amide bonds. The summed E-state index contributed by atoms with van der Waals surface area (Å²) in [6.07, 6.45) is 0. The maximum atomic E-state index is 10.6. The molecule has 0 bridgehead atoms. The van der Waals surface area contributed by atoms with Crippen molar-refractivity contribution in [2.24, 2.45) is 0 Å². The van der Waals surface area contributed by atoms with E-state index in [1.54, 1.807) is 60.7 Å². The predicted molar refractivity (Wildman–Crippen MR) is 142 cm³/mol. The Kier molecular flexibility index (Phi) is 8.39. The third-order valence-corrected chi connectivity index (χ3v) is 11.4. The Morgan fingerprint density at radius 1 is 0.500 bits per heavy atom. The van der Waals surface area contributed by atoms with Crippen LogP contribution in [0, 0.1) is 56.1 Å². The first-order valence-corrected chi connectivity index (χ1v) is 14.1. The molecule has 7 heteroatoms. The van der Waals surface area contributed by atoms with Crippen molar-refractivity contribution in [2.45, 2.75) is 0 Å². The van der Waals surface area contributed by atoms with Crippen molar-refractivity contribution in [3.05, 3.63) is 120 Å². The van der Waals surface area contributed by atoms with Gasteiger partial charge in [0, 0.05) is 0 Å². The molecule has 0 unspecified atom stereocenters. The van der Waals surface area contributed by atoms with Crippen LogP contribution < -0.4 is 18.7 Å². The number of nitriles is 5. The summed E-state index contributed by atoms with van der Waals surface area (Å²) in [6.45, 7) is -4.46. The molecule has 0 saturated heterocycles. The second kappa shape index (κ2) is 11.5. The Labute approximate surface area is 228 Å². The molecule has 0 aliphatic heterocycles. The summed E-state index contributed by atoms with van der Waals surface area (Å²) >= 11 is 1.17. The molecule has 4 rings (SSSR count). The van der Waals surface area contributed by atoms with E-state index in [1.165, 1.54) is 42.9 Å². The van der Waals surface area contributed by atoms with Gasteiger partial charge in [0.15, 0.2) is 0 Å². The van der Waals surface area contributed by atoms with Gasteiger partial charge in [0.05, 0.1) is 0 Å². The van der Waals surface area contributed by atoms with Crippen molar-refractivity contribution in [1.82, 2.24) is 0 Å². The molecule has 4 aromatic rings. The second-order valence-corrected chi connectivity index (χ2v) is 13.2. The van der Waals surface area contributed by atoms with Crippen LogP contribution in [-0.2, 0) is 0 Å². The van der Waals surface area contributed by atoms with Crippen molar-refractivity contribution in [2.75, 3.05) is 0 Å². The summed E-state index contributed by atoms with van der Waals surface area (Å²) in [5, 5.41) is 51.2. The molecule has 0 aliphatic rings. The molecular weight excluding hydrogens is 472 g/mol. The van der Waals surface area contributed by atoms with Gasteiger partial charge in [-0.05, 0) is 0 Å². The van der Waals surface area contributed by atoms with Gasteiger partial charge in [0.1, 0.15) is 0 Å². The Hall–Kier alpha value is -4.24. The Balaban J connectivity index is 0.000000444. The normalized spacial score (nSPS) is 10.9. The van der Waals surface area contributed by atoms with Crippen molar-refractivity contribution < 1.29 is 0 Å². The number of rotatable bonds is 3. The fourth-order valence-corrected chi connectivity index (χ4v) is 8.54. The van der Waals surface area contributed by atoms with Gasteiger partial charge in [-0.15, -0.1) is 0 Å². The average Bonchev–Trinajstić information content (AvgIpc) is 2.96. The van der Waals surface area contributed by atoms with E-state index in [9.17, 15) is 26.3 Å². The summed E-state index contributed by atoms with van der Waals surface area (Å²) in [7, 11) is 0. The van der Waals surface area contributed by atoms with Crippen LogP contribution in [0.15, 0.2) is 103 Å². The van der Waals surface area contributed by atoms with Gasteiger partial charge < -0.3 is 0 Å². The zero-order chi connectivity index (χ0) is 26.0. The number of hydrogen-bond acceptors (Lipinski definition) is 5.